The lowest BCUT2D eigenvalue weighted by Crippen LogP contribution is -2.11. The number of aromatic amines is 1. The van der Waals surface area contributed by atoms with Gasteiger partial charge < -0.3 is 9.88 Å². The number of nitrogens with one attached hydrogen (secondary N) is 2. The fourth-order valence-corrected chi connectivity index (χ4v) is 3.64. The van der Waals surface area contributed by atoms with Crippen LogP contribution in [-0.2, 0) is 6.54 Å². The SMILES string of the molecule is Cc1ccc(NC(=O)c2ccc(Cn3ccc4cc(-c5noc(=O)[nH]5)ccc43)cc2)cc1. The molecule has 0 aliphatic rings. The van der Waals surface area contributed by atoms with Crippen LogP contribution in [0.2, 0.25) is 0 Å². The van der Waals surface area contributed by atoms with Gasteiger partial charge in [-0.2, -0.15) is 0 Å². The number of aromatic nitrogens is 3. The van der Waals surface area contributed by atoms with Crippen molar-refractivity contribution in [3.63, 3.8) is 0 Å². The topological polar surface area (TPSA) is 92.9 Å². The molecule has 158 valence electrons. The van der Waals surface area contributed by atoms with Crippen LogP contribution < -0.4 is 11.1 Å². The summed E-state index contributed by atoms with van der Waals surface area (Å²) >= 11 is 0. The van der Waals surface area contributed by atoms with E-state index in [4.69, 9.17) is 0 Å². The van der Waals surface area contributed by atoms with E-state index in [1.54, 1.807) is 0 Å². The summed E-state index contributed by atoms with van der Waals surface area (Å²) in [5.74, 6) is -0.303. The van der Waals surface area contributed by atoms with E-state index in [9.17, 15) is 9.59 Å². The lowest BCUT2D eigenvalue weighted by molar-refractivity contribution is 0.102. The maximum Gasteiger partial charge on any atom is 0.439 e. The van der Waals surface area contributed by atoms with Crippen molar-refractivity contribution in [1.29, 1.82) is 0 Å². The van der Waals surface area contributed by atoms with Gasteiger partial charge in [-0.15, -0.1) is 0 Å². The predicted molar refractivity (Wildman–Crippen MR) is 123 cm³/mol. The van der Waals surface area contributed by atoms with E-state index in [0.29, 0.717) is 17.9 Å². The second kappa shape index (κ2) is 8.03. The summed E-state index contributed by atoms with van der Waals surface area (Å²) in [5.41, 5.74) is 5.45. The number of hydrogen-bond acceptors (Lipinski definition) is 4. The van der Waals surface area contributed by atoms with E-state index >= 15 is 0 Å². The molecular formula is C25H20N4O3. The average molecular weight is 424 g/mol. The number of amides is 1. The van der Waals surface area contributed by atoms with Crippen LogP contribution in [0.25, 0.3) is 22.3 Å². The highest BCUT2D eigenvalue weighted by atomic mass is 16.5. The van der Waals surface area contributed by atoms with E-state index in [0.717, 1.165) is 33.3 Å². The predicted octanol–water partition coefficient (Wildman–Crippen LogP) is 4.59. The van der Waals surface area contributed by atoms with Gasteiger partial charge in [0.05, 0.1) is 0 Å². The van der Waals surface area contributed by atoms with Gasteiger partial charge in [0.15, 0.2) is 5.82 Å². The Balaban J connectivity index is 1.31. The molecule has 0 aliphatic heterocycles. The molecule has 0 unspecified atom stereocenters. The van der Waals surface area contributed by atoms with Crippen molar-refractivity contribution >= 4 is 22.5 Å². The largest absolute Gasteiger partial charge is 0.439 e. The molecule has 0 spiro atoms. The summed E-state index contributed by atoms with van der Waals surface area (Å²) in [4.78, 5) is 26.3. The Labute approximate surface area is 183 Å². The minimum absolute atomic E-state index is 0.134. The smallest absolute Gasteiger partial charge is 0.343 e. The standard InChI is InChI=1S/C25H20N4O3/c1-16-2-9-21(10-3-16)26-24(30)18-6-4-17(5-7-18)15-29-13-12-19-14-20(8-11-22(19)29)23-27-25(31)32-28-23/h2-14H,15H2,1H3,(H,26,30)(H,27,28,31). The van der Waals surface area contributed by atoms with Gasteiger partial charge in [-0.05, 0) is 61.0 Å². The Kier molecular flexibility index (Phi) is 4.91. The van der Waals surface area contributed by atoms with Crippen molar-refractivity contribution in [3.05, 3.63) is 106 Å². The van der Waals surface area contributed by atoms with Crippen LogP contribution in [0.4, 0.5) is 5.69 Å². The van der Waals surface area contributed by atoms with Crippen LogP contribution in [0, 0.1) is 6.92 Å². The van der Waals surface area contributed by atoms with Crippen molar-refractivity contribution in [3.8, 4) is 11.4 Å². The highest BCUT2D eigenvalue weighted by molar-refractivity contribution is 6.04. The molecule has 5 aromatic rings. The molecule has 0 saturated heterocycles. The van der Waals surface area contributed by atoms with Gasteiger partial charge in [0, 0.05) is 40.5 Å². The van der Waals surface area contributed by atoms with Crippen LogP contribution in [0.3, 0.4) is 0 Å². The Bertz CT molecular complexity index is 1460. The van der Waals surface area contributed by atoms with Crippen molar-refractivity contribution in [1.82, 2.24) is 14.7 Å². The summed E-state index contributed by atoms with van der Waals surface area (Å²) in [5, 5.41) is 7.68. The van der Waals surface area contributed by atoms with Gasteiger partial charge in [0.25, 0.3) is 5.91 Å². The van der Waals surface area contributed by atoms with Gasteiger partial charge in [-0.3, -0.25) is 14.3 Å². The normalized spacial score (nSPS) is 11.0. The van der Waals surface area contributed by atoms with Crippen LogP contribution in [0.5, 0.6) is 0 Å². The number of rotatable bonds is 5. The Morgan fingerprint density at radius 2 is 1.81 bits per heavy atom. The molecule has 0 saturated carbocycles. The van der Waals surface area contributed by atoms with Gasteiger partial charge >= 0.3 is 5.76 Å². The fraction of sp³-hybridized carbons (Fsp3) is 0.0800. The molecule has 7 heteroatoms. The molecule has 0 aliphatic carbocycles. The third kappa shape index (κ3) is 3.96. The van der Waals surface area contributed by atoms with Gasteiger partial charge in [-0.1, -0.05) is 35.0 Å². The second-order valence-corrected chi connectivity index (χ2v) is 7.68. The first-order chi connectivity index (χ1) is 15.5. The third-order valence-corrected chi connectivity index (χ3v) is 5.36. The molecule has 2 N–H and O–H groups in total. The summed E-state index contributed by atoms with van der Waals surface area (Å²) in [6, 6.07) is 23.2. The van der Waals surface area contributed by atoms with E-state index < -0.39 is 5.76 Å². The summed E-state index contributed by atoms with van der Waals surface area (Å²) in [6.45, 7) is 2.68. The number of fused-ring (bicyclic) bond motifs is 1. The summed E-state index contributed by atoms with van der Waals surface area (Å²) < 4.78 is 6.72. The molecule has 0 fully saturated rings. The number of carbonyl (C=O) groups excluding carboxylic acids is 1. The van der Waals surface area contributed by atoms with Crippen molar-refractivity contribution in [2.75, 3.05) is 5.32 Å². The van der Waals surface area contributed by atoms with Crippen molar-refractivity contribution in [2.45, 2.75) is 13.5 Å². The Hall–Kier alpha value is -4.39. The van der Waals surface area contributed by atoms with Crippen LogP contribution >= 0.6 is 0 Å². The average Bonchev–Trinajstić information content (AvgIpc) is 3.42. The van der Waals surface area contributed by atoms with Gasteiger partial charge in [-0.25, -0.2) is 4.79 Å². The maximum absolute atomic E-state index is 12.5. The monoisotopic (exact) mass is 424 g/mol. The molecule has 0 bridgehead atoms. The number of H-pyrrole nitrogens is 1. The van der Waals surface area contributed by atoms with E-state index in [-0.39, 0.29) is 5.91 Å². The molecule has 0 atom stereocenters. The summed E-state index contributed by atoms with van der Waals surface area (Å²) in [7, 11) is 0. The van der Waals surface area contributed by atoms with Crippen molar-refractivity contribution in [2.24, 2.45) is 0 Å². The lowest BCUT2D eigenvalue weighted by atomic mass is 10.1. The number of aryl methyl sites for hydroxylation is 1. The highest BCUT2D eigenvalue weighted by Crippen LogP contribution is 2.23. The number of anilines is 1. The third-order valence-electron chi connectivity index (χ3n) is 5.36. The van der Waals surface area contributed by atoms with E-state index in [1.165, 1.54) is 0 Å². The van der Waals surface area contributed by atoms with Crippen LogP contribution in [0.15, 0.2) is 88.3 Å². The Morgan fingerprint density at radius 1 is 1.03 bits per heavy atom. The highest BCUT2D eigenvalue weighted by Gasteiger charge is 2.09. The molecule has 7 nitrogen and oxygen atoms in total. The lowest BCUT2D eigenvalue weighted by Gasteiger charge is -2.09. The van der Waals surface area contributed by atoms with Crippen LogP contribution in [0.1, 0.15) is 21.5 Å². The molecule has 3 aromatic carbocycles. The second-order valence-electron chi connectivity index (χ2n) is 7.68. The minimum Gasteiger partial charge on any atom is -0.343 e. The molecule has 5 rings (SSSR count). The zero-order chi connectivity index (χ0) is 22.1. The maximum atomic E-state index is 12.5. The van der Waals surface area contributed by atoms with Gasteiger partial charge in [0.2, 0.25) is 0 Å². The molecule has 32 heavy (non-hydrogen) atoms. The van der Waals surface area contributed by atoms with Gasteiger partial charge in [0.1, 0.15) is 0 Å². The fourth-order valence-electron chi connectivity index (χ4n) is 3.64. The van der Waals surface area contributed by atoms with Crippen molar-refractivity contribution < 1.29 is 9.32 Å². The first kappa shape index (κ1) is 19.6. The van der Waals surface area contributed by atoms with E-state index in [1.807, 2.05) is 85.9 Å². The number of carbonyl (C=O) groups is 1. The molecule has 0 radical (unpaired) electrons. The molecular weight excluding hydrogens is 404 g/mol. The zero-order valence-corrected chi connectivity index (χ0v) is 17.3. The molecule has 2 heterocycles. The number of hydrogen-bond donors (Lipinski definition) is 2. The van der Waals surface area contributed by atoms with E-state index in [2.05, 4.69) is 24.5 Å². The summed E-state index contributed by atoms with van der Waals surface area (Å²) in [6.07, 6.45) is 2.01. The van der Waals surface area contributed by atoms with Crippen LogP contribution in [-0.4, -0.2) is 20.6 Å². The quantitative estimate of drug-likeness (QED) is 0.431. The number of nitrogens with zero attached hydrogens (tertiary/aromatic N) is 2. The minimum atomic E-state index is -0.575. The first-order valence-corrected chi connectivity index (χ1v) is 10.2. The zero-order valence-electron chi connectivity index (χ0n) is 17.3. The first-order valence-electron chi connectivity index (χ1n) is 10.2. The molecule has 2 aromatic heterocycles. The number of benzene rings is 3. The Morgan fingerprint density at radius 3 is 2.53 bits per heavy atom. The molecule has 1 amide bonds.